The summed E-state index contributed by atoms with van der Waals surface area (Å²) in [4.78, 5) is 2.46. The van der Waals surface area contributed by atoms with Crippen molar-refractivity contribution in [2.24, 2.45) is 5.73 Å². The first-order valence-corrected chi connectivity index (χ1v) is 8.34. The minimum atomic E-state index is 0.147. The van der Waals surface area contributed by atoms with Crippen LogP contribution in [0.1, 0.15) is 26.3 Å². The highest BCUT2D eigenvalue weighted by atomic mass is 35.5. The van der Waals surface area contributed by atoms with Crippen molar-refractivity contribution < 1.29 is 0 Å². The smallest absolute Gasteiger partial charge is 0.0459 e. The first-order chi connectivity index (χ1) is 8.99. The zero-order valence-electron chi connectivity index (χ0n) is 11.9. The molecule has 1 fully saturated rings. The molecule has 106 valence electrons. The molecule has 2 nitrogen and oxygen atoms in total. The van der Waals surface area contributed by atoms with Gasteiger partial charge in [0.25, 0.3) is 0 Å². The maximum Gasteiger partial charge on any atom is 0.0459 e. The van der Waals surface area contributed by atoms with Crippen molar-refractivity contribution in [2.75, 3.05) is 17.2 Å². The van der Waals surface area contributed by atoms with Crippen LogP contribution in [0.25, 0.3) is 0 Å². The zero-order valence-corrected chi connectivity index (χ0v) is 13.5. The summed E-state index contributed by atoms with van der Waals surface area (Å²) in [5, 5.41) is 1.50. The fourth-order valence-corrected chi connectivity index (χ4v) is 3.88. The molecule has 1 aliphatic heterocycles. The van der Waals surface area contributed by atoms with E-state index >= 15 is 0 Å². The molecule has 1 heterocycles. The van der Waals surface area contributed by atoms with E-state index in [0.717, 1.165) is 23.6 Å². The molecule has 19 heavy (non-hydrogen) atoms. The maximum atomic E-state index is 6.39. The Morgan fingerprint density at radius 3 is 2.84 bits per heavy atom. The second kappa shape index (κ2) is 6.38. The van der Waals surface area contributed by atoms with Crippen molar-refractivity contribution in [3.63, 3.8) is 0 Å². The van der Waals surface area contributed by atoms with Gasteiger partial charge in [-0.25, -0.2) is 0 Å². The number of hydrogen-bond acceptors (Lipinski definition) is 3. The highest BCUT2D eigenvalue weighted by Gasteiger charge is 2.25. The van der Waals surface area contributed by atoms with Crippen LogP contribution in [0.2, 0.25) is 5.02 Å². The van der Waals surface area contributed by atoms with Gasteiger partial charge in [-0.3, -0.25) is 0 Å². The molecular weight excluding hydrogens is 276 g/mol. The number of nitrogens with two attached hydrogens (primary N) is 1. The third-order valence-corrected chi connectivity index (χ3v) is 5.48. The third-order valence-electron chi connectivity index (χ3n) is 3.79. The van der Waals surface area contributed by atoms with Crippen LogP contribution in [0.4, 0.5) is 5.69 Å². The van der Waals surface area contributed by atoms with Crippen molar-refractivity contribution in [1.29, 1.82) is 0 Å². The molecule has 1 aliphatic rings. The fraction of sp³-hybridized carbons (Fsp3) is 0.600. The van der Waals surface area contributed by atoms with Crippen molar-refractivity contribution >= 4 is 29.1 Å². The largest absolute Gasteiger partial charge is 0.367 e. The molecule has 2 rings (SSSR count). The van der Waals surface area contributed by atoms with E-state index in [2.05, 4.69) is 36.9 Å². The summed E-state index contributed by atoms with van der Waals surface area (Å²) in [7, 11) is 0. The first-order valence-electron chi connectivity index (χ1n) is 6.91. The number of hydrogen-bond donors (Lipinski definition) is 1. The highest BCUT2D eigenvalue weighted by molar-refractivity contribution is 8.00. The van der Waals surface area contributed by atoms with Crippen LogP contribution in [-0.2, 0) is 6.42 Å². The number of benzene rings is 1. The van der Waals surface area contributed by atoms with Gasteiger partial charge in [0.15, 0.2) is 0 Å². The lowest BCUT2D eigenvalue weighted by molar-refractivity contribution is 0.627. The maximum absolute atomic E-state index is 6.39. The average molecular weight is 299 g/mol. The van der Waals surface area contributed by atoms with Crippen LogP contribution in [0.5, 0.6) is 0 Å². The first kappa shape index (κ1) is 15.0. The Kier molecular flexibility index (Phi) is 5.04. The molecule has 0 spiro atoms. The summed E-state index contributed by atoms with van der Waals surface area (Å²) < 4.78 is 0. The molecule has 3 unspecified atom stereocenters. The molecule has 0 aromatic heterocycles. The molecule has 1 aromatic rings. The van der Waals surface area contributed by atoms with Crippen LogP contribution in [-0.4, -0.2) is 29.6 Å². The number of halogens is 1. The normalized spacial score (nSPS) is 25.4. The van der Waals surface area contributed by atoms with Gasteiger partial charge in [-0.2, -0.15) is 11.8 Å². The van der Waals surface area contributed by atoms with Gasteiger partial charge in [0.1, 0.15) is 0 Å². The summed E-state index contributed by atoms with van der Waals surface area (Å²) in [6.45, 7) is 7.70. The quantitative estimate of drug-likeness (QED) is 0.925. The second-order valence-corrected chi connectivity index (χ2v) is 7.36. The minimum Gasteiger partial charge on any atom is -0.367 e. The zero-order chi connectivity index (χ0) is 14.0. The van der Waals surface area contributed by atoms with E-state index in [1.165, 1.54) is 11.4 Å². The molecule has 1 saturated heterocycles. The molecule has 0 bridgehead atoms. The Balaban J connectivity index is 2.19. The predicted molar refractivity (Wildman–Crippen MR) is 87.5 cm³/mol. The third kappa shape index (κ3) is 3.59. The lowest BCUT2D eigenvalue weighted by Gasteiger charge is -2.39. The van der Waals surface area contributed by atoms with E-state index in [1.54, 1.807) is 0 Å². The van der Waals surface area contributed by atoms with E-state index in [0.29, 0.717) is 11.3 Å². The average Bonchev–Trinajstić information content (AvgIpc) is 2.35. The topological polar surface area (TPSA) is 29.3 Å². The van der Waals surface area contributed by atoms with Crippen molar-refractivity contribution in [1.82, 2.24) is 0 Å². The van der Waals surface area contributed by atoms with Gasteiger partial charge in [0, 0.05) is 40.3 Å². The summed E-state index contributed by atoms with van der Waals surface area (Å²) in [5.41, 5.74) is 8.22. The van der Waals surface area contributed by atoms with Crippen LogP contribution in [0.3, 0.4) is 0 Å². The molecule has 4 heteroatoms. The Bertz CT molecular complexity index is 436. The number of thioether (sulfide) groups is 1. The Morgan fingerprint density at radius 1 is 1.47 bits per heavy atom. The van der Waals surface area contributed by atoms with E-state index in [9.17, 15) is 0 Å². The van der Waals surface area contributed by atoms with Gasteiger partial charge in [0.2, 0.25) is 0 Å². The van der Waals surface area contributed by atoms with Gasteiger partial charge in [-0.05, 0) is 38.0 Å². The minimum absolute atomic E-state index is 0.147. The van der Waals surface area contributed by atoms with Crippen LogP contribution in [0, 0.1) is 0 Å². The molecule has 0 saturated carbocycles. The van der Waals surface area contributed by atoms with E-state index in [1.807, 2.05) is 18.7 Å². The highest BCUT2D eigenvalue weighted by Crippen LogP contribution is 2.31. The van der Waals surface area contributed by atoms with Crippen molar-refractivity contribution in [3.8, 4) is 0 Å². The van der Waals surface area contributed by atoms with E-state index in [-0.39, 0.29) is 6.04 Å². The van der Waals surface area contributed by atoms with Crippen LogP contribution >= 0.6 is 23.4 Å². The van der Waals surface area contributed by atoms with Gasteiger partial charge in [-0.1, -0.05) is 24.6 Å². The lowest BCUT2D eigenvalue weighted by atomic mass is 10.1. The molecular formula is C15H23ClN2S. The second-order valence-electron chi connectivity index (χ2n) is 5.47. The molecule has 1 aromatic carbocycles. The standard InChI is InChI=1S/C15H23ClN2S/c1-10(17)8-13-4-5-14(9-15(13)16)18-6-7-19-12(3)11(18)2/h4-5,9-12H,6-8,17H2,1-3H3. The number of anilines is 1. The summed E-state index contributed by atoms with van der Waals surface area (Å²) in [6, 6.07) is 7.10. The van der Waals surface area contributed by atoms with Crippen LogP contribution < -0.4 is 10.6 Å². The van der Waals surface area contributed by atoms with Gasteiger partial charge >= 0.3 is 0 Å². The van der Waals surface area contributed by atoms with Crippen LogP contribution in [0.15, 0.2) is 18.2 Å². The number of nitrogens with zero attached hydrogens (tertiary/aromatic N) is 1. The van der Waals surface area contributed by atoms with Gasteiger partial charge < -0.3 is 10.6 Å². The van der Waals surface area contributed by atoms with Crippen molar-refractivity contribution in [3.05, 3.63) is 28.8 Å². The van der Waals surface area contributed by atoms with Crippen molar-refractivity contribution in [2.45, 2.75) is 44.5 Å². The summed E-state index contributed by atoms with van der Waals surface area (Å²) >= 11 is 8.44. The number of rotatable bonds is 3. The van der Waals surface area contributed by atoms with E-state index in [4.69, 9.17) is 17.3 Å². The monoisotopic (exact) mass is 298 g/mol. The molecule has 2 N–H and O–H groups in total. The SMILES string of the molecule is CC(N)Cc1ccc(N2CCSC(C)C2C)cc1Cl. The molecule has 3 atom stereocenters. The Morgan fingerprint density at radius 2 is 2.21 bits per heavy atom. The molecule has 0 amide bonds. The Labute approximate surface area is 125 Å². The van der Waals surface area contributed by atoms with E-state index < -0.39 is 0 Å². The summed E-state index contributed by atoms with van der Waals surface area (Å²) in [6.07, 6.45) is 0.834. The fourth-order valence-electron chi connectivity index (χ4n) is 2.52. The lowest BCUT2D eigenvalue weighted by Crippen LogP contribution is -2.44. The molecule has 0 radical (unpaired) electrons. The predicted octanol–water partition coefficient (Wildman–Crippen LogP) is 3.56. The Hall–Kier alpha value is -0.380. The van der Waals surface area contributed by atoms with Gasteiger partial charge in [-0.15, -0.1) is 0 Å². The summed E-state index contributed by atoms with van der Waals surface area (Å²) in [5.74, 6) is 1.19. The van der Waals surface area contributed by atoms with Gasteiger partial charge in [0.05, 0.1) is 0 Å². The molecule has 0 aliphatic carbocycles.